The number of hydrogen-bond acceptors (Lipinski definition) is 3. The van der Waals surface area contributed by atoms with E-state index in [-0.39, 0.29) is 4.90 Å². The van der Waals surface area contributed by atoms with Gasteiger partial charge in [0.05, 0.1) is 6.61 Å². The molecule has 21 heavy (non-hydrogen) atoms. The summed E-state index contributed by atoms with van der Waals surface area (Å²) in [6, 6.07) is 4.74. The van der Waals surface area contributed by atoms with E-state index < -0.39 is 10.0 Å². The third kappa shape index (κ3) is 3.71. The standard InChI is InChI=1S/C15H22ClNO3S/c1-4-20-14-6-5-13(16)8-15(14)21(18,19)17-9-11(2)7-12(3)10-17/h5-6,8,11-12H,4,7,9-10H2,1-3H3. The minimum atomic E-state index is -3.58. The highest BCUT2D eigenvalue weighted by Crippen LogP contribution is 2.33. The maximum absolute atomic E-state index is 12.9. The van der Waals surface area contributed by atoms with Crippen molar-refractivity contribution in [2.24, 2.45) is 11.8 Å². The third-order valence-electron chi connectivity index (χ3n) is 3.66. The fraction of sp³-hybridized carbons (Fsp3) is 0.600. The van der Waals surface area contributed by atoms with Crippen LogP contribution in [0.15, 0.2) is 23.1 Å². The summed E-state index contributed by atoms with van der Waals surface area (Å²) in [5, 5.41) is 0.398. The van der Waals surface area contributed by atoms with Gasteiger partial charge in [-0.15, -0.1) is 0 Å². The fourth-order valence-electron chi connectivity index (χ4n) is 2.90. The molecule has 1 aromatic carbocycles. The highest BCUT2D eigenvalue weighted by molar-refractivity contribution is 7.89. The van der Waals surface area contributed by atoms with E-state index in [4.69, 9.17) is 16.3 Å². The van der Waals surface area contributed by atoms with E-state index in [0.29, 0.717) is 42.3 Å². The number of benzene rings is 1. The van der Waals surface area contributed by atoms with Crippen LogP contribution in [0.25, 0.3) is 0 Å². The average Bonchev–Trinajstić information content (AvgIpc) is 2.40. The van der Waals surface area contributed by atoms with E-state index in [1.807, 2.05) is 6.92 Å². The van der Waals surface area contributed by atoms with Gasteiger partial charge in [-0.2, -0.15) is 4.31 Å². The summed E-state index contributed by atoms with van der Waals surface area (Å²) in [4.78, 5) is 0.165. The van der Waals surface area contributed by atoms with Crippen molar-refractivity contribution in [1.82, 2.24) is 4.31 Å². The molecule has 0 radical (unpaired) electrons. The van der Waals surface area contributed by atoms with E-state index in [9.17, 15) is 8.42 Å². The molecule has 0 aromatic heterocycles. The van der Waals surface area contributed by atoms with Crippen LogP contribution >= 0.6 is 11.6 Å². The molecule has 2 rings (SSSR count). The first-order valence-electron chi connectivity index (χ1n) is 7.27. The molecule has 1 saturated heterocycles. The van der Waals surface area contributed by atoms with Crippen LogP contribution in [0.3, 0.4) is 0 Å². The van der Waals surface area contributed by atoms with Gasteiger partial charge < -0.3 is 4.74 Å². The fourth-order valence-corrected chi connectivity index (χ4v) is 4.97. The Balaban J connectivity index is 2.41. The number of piperidine rings is 1. The van der Waals surface area contributed by atoms with Crippen LogP contribution in [0.1, 0.15) is 27.2 Å². The first-order chi connectivity index (χ1) is 9.84. The maximum Gasteiger partial charge on any atom is 0.246 e. The Morgan fingerprint density at radius 1 is 1.29 bits per heavy atom. The first kappa shape index (κ1) is 16.6. The highest BCUT2D eigenvalue weighted by Gasteiger charge is 2.33. The van der Waals surface area contributed by atoms with Crippen molar-refractivity contribution in [3.05, 3.63) is 23.2 Å². The van der Waals surface area contributed by atoms with Crippen molar-refractivity contribution in [1.29, 1.82) is 0 Å². The van der Waals surface area contributed by atoms with Gasteiger partial charge in [-0.3, -0.25) is 0 Å². The molecule has 1 aliphatic rings. The van der Waals surface area contributed by atoms with Crippen LogP contribution in [0.4, 0.5) is 0 Å². The minimum Gasteiger partial charge on any atom is -0.492 e. The molecule has 1 fully saturated rings. The number of nitrogens with zero attached hydrogens (tertiary/aromatic N) is 1. The Morgan fingerprint density at radius 2 is 1.90 bits per heavy atom. The van der Waals surface area contributed by atoms with Gasteiger partial charge in [0.2, 0.25) is 10.0 Å². The molecular formula is C15H22ClNO3S. The second-order valence-corrected chi connectivity index (χ2v) is 8.13. The Bertz CT molecular complexity index is 593. The molecule has 118 valence electrons. The summed E-state index contributed by atoms with van der Waals surface area (Å²) in [5.74, 6) is 1.09. The SMILES string of the molecule is CCOc1ccc(Cl)cc1S(=O)(=O)N1CC(C)CC(C)C1. The Labute approximate surface area is 132 Å². The predicted octanol–water partition coefficient (Wildman–Crippen LogP) is 3.41. The van der Waals surface area contributed by atoms with Crippen LogP contribution in [0.2, 0.25) is 5.02 Å². The normalized spacial score (nSPS) is 24.0. The van der Waals surface area contributed by atoms with E-state index in [1.165, 1.54) is 6.07 Å². The lowest BCUT2D eigenvalue weighted by Gasteiger charge is -2.34. The molecule has 1 heterocycles. The number of halogens is 1. The van der Waals surface area contributed by atoms with Crippen LogP contribution in [-0.4, -0.2) is 32.4 Å². The predicted molar refractivity (Wildman–Crippen MR) is 84.3 cm³/mol. The number of rotatable bonds is 4. The van der Waals surface area contributed by atoms with Gasteiger partial charge in [-0.25, -0.2) is 8.42 Å². The average molecular weight is 332 g/mol. The second kappa shape index (κ2) is 6.55. The smallest absolute Gasteiger partial charge is 0.246 e. The van der Waals surface area contributed by atoms with Crippen molar-refractivity contribution >= 4 is 21.6 Å². The number of ether oxygens (including phenoxy) is 1. The zero-order chi connectivity index (χ0) is 15.6. The van der Waals surface area contributed by atoms with Crippen LogP contribution in [-0.2, 0) is 10.0 Å². The molecule has 0 aliphatic carbocycles. The third-order valence-corrected chi connectivity index (χ3v) is 5.75. The van der Waals surface area contributed by atoms with E-state index >= 15 is 0 Å². The molecule has 0 N–H and O–H groups in total. The summed E-state index contributed by atoms with van der Waals surface area (Å²) in [7, 11) is -3.58. The summed E-state index contributed by atoms with van der Waals surface area (Å²) in [6.07, 6.45) is 1.06. The van der Waals surface area contributed by atoms with Gasteiger partial charge in [0.1, 0.15) is 10.6 Å². The lowest BCUT2D eigenvalue weighted by atomic mass is 9.94. The van der Waals surface area contributed by atoms with Gasteiger partial charge in [0.15, 0.2) is 0 Å². The second-order valence-electron chi connectivity index (χ2n) is 5.79. The molecular weight excluding hydrogens is 310 g/mol. The van der Waals surface area contributed by atoms with Crippen molar-refractivity contribution in [3.8, 4) is 5.75 Å². The summed E-state index contributed by atoms with van der Waals surface area (Å²) in [6.45, 7) is 7.50. The molecule has 6 heteroatoms. The quantitative estimate of drug-likeness (QED) is 0.849. The minimum absolute atomic E-state index is 0.165. The van der Waals surface area contributed by atoms with Crippen molar-refractivity contribution < 1.29 is 13.2 Å². The molecule has 1 aromatic rings. The monoisotopic (exact) mass is 331 g/mol. The Kier molecular flexibility index (Phi) is 5.17. The molecule has 0 spiro atoms. The molecule has 4 nitrogen and oxygen atoms in total. The van der Waals surface area contributed by atoms with Crippen molar-refractivity contribution in [2.45, 2.75) is 32.1 Å². The van der Waals surface area contributed by atoms with E-state index in [1.54, 1.807) is 16.4 Å². The molecule has 2 atom stereocenters. The van der Waals surface area contributed by atoms with Gasteiger partial charge in [0, 0.05) is 18.1 Å². The topological polar surface area (TPSA) is 46.6 Å². The summed E-state index contributed by atoms with van der Waals surface area (Å²) in [5.41, 5.74) is 0. The van der Waals surface area contributed by atoms with E-state index in [2.05, 4.69) is 13.8 Å². The molecule has 1 aliphatic heterocycles. The zero-order valence-corrected chi connectivity index (χ0v) is 14.2. The lowest BCUT2D eigenvalue weighted by Crippen LogP contribution is -2.42. The zero-order valence-electron chi connectivity index (χ0n) is 12.7. The van der Waals surface area contributed by atoms with Crippen LogP contribution < -0.4 is 4.74 Å². The van der Waals surface area contributed by atoms with Crippen molar-refractivity contribution in [2.75, 3.05) is 19.7 Å². The molecule has 0 saturated carbocycles. The Morgan fingerprint density at radius 3 is 2.48 bits per heavy atom. The Hall–Kier alpha value is -0.780. The van der Waals surface area contributed by atoms with Gasteiger partial charge in [-0.05, 0) is 43.4 Å². The highest BCUT2D eigenvalue weighted by atomic mass is 35.5. The number of hydrogen-bond donors (Lipinski definition) is 0. The molecule has 0 bridgehead atoms. The van der Waals surface area contributed by atoms with Gasteiger partial charge in [-0.1, -0.05) is 25.4 Å². The largest absolute Gasteiger partial charge is 0.492 e. The maximum atomic E-state index is 12.9. The lowest BCUT2D eigenvalue weighted by molar-refractivity contribution is 0.222. The summed E-state index contributed by atoms with van der Waals surface area (Å²) >= 11 is 5.98. The molecule has 0 amide bonds. The number of sulfonamides is 1. The molecule has 2 unspecified atom stereocenters. The van der Waals surface area contributed by atoms with Gasteiger partial charge >= 0.3 is 0 Å². The van der Waals surface area contributed by atoms with Crippen molar-refractivity contribution in [3.63, 3.8) is 0 Å². The van der Waals surface area contributed by atoms with Crippen LogP contribution in [0, 0.1) is 11.8 Å². The first-order valence-corrected chi connectivity index (χ1v) is 9.09. The van der Waals surface area contributed by atoms with Gasteiger partial charge in [0.25, 0.3) is 0 Å². The summed E-state index contributed by atoms with van der Waals surface area (Å²) < 4.78 is 32.8. The van der Waals surface area contributed by atoms with E-state index in [0.717, 1.165) is 6.42 Å². The van der Waals surface area contributed by atoms with Crippen LogP contribution in [0.5, 0.6) is 5.75 Å².